The molecule has 0 aliphatic heterocycles. The number of hydrogen-bond acceptors (Lipinski definition) is 3. The summed E-state index contributed by atoms with van der Waals surface area (Å²) in [5.74, 6) is -0.00959. The van der Waals surface area contributed by atoms with Gasteiger partial charge in [0.05, 0.1) is 6.04 Å². The third kappa shape index (κ3) is 5.71. The first kappa shape index (κ1) is 16.0. The van der Waals surface area contributed by atoms with Crippen LogP contribution in [-0.4, -0.2) is 36.4 Å². The molecule has 0 radical (unpaired) electrons. The summed E-state index contributed by atoms with van der Waals surface area (Å²) >= 11 is 0. The van der Waals surface area contributed by atoms with E-state index in [4.69, 9.17) is 17.2 Å². The van der Waals surface area contributed by atoms with E-state index >= 15 is 0 Å². The minimum Gasteiger partial charge on any atom is -0.370 e. The quantitative estimate of drug-likeness (QED) is 0.371. The van der Waals surface area contributed by atoms with Gasteiger partial charge in [0.1, 0.15) is 0 Å². The first-order chi connectivity index (χ1) is 9.50. The standard InChI is InChI=1S/C14H23N5O/c1-19(10-11-6-3-2-4-7-11)13(20)12(15)8-5-9-18-14(16)17/h2-4,6-7,12H,5,8-10,15H2,1H3,(H4,16,17,18)/t12-/m0/s1. The third-order valence-corrected chi connectivity index (χ3v) is 2.92. The van der Waals surface area contributed by atoms with Crippen LogP contribution in [0.5, 0.6) is 0 Å². The van der Waals surface area contributed by atoms with Crippen molar-refractivity contribution >= 4 is 11.9 Å². The molecule has 1 amide bonds. The number of nitrogens with two attached hydrogens (primary N) is 3. The third-order valence-electron chi connectivity index (χ3n) is 2.92. The van der Waals surface area contributed by atoms with E-state index in [0.29, 0.717) is 25.9 Å². The van der Waals surface area contributed by atoms with E-state index in [1.807, 2.05) is 30.3 Å². The average molecular weight is 277 g/mol. The van der Waals surface area contributed by atoms with Crippen LogP contribution in [0, 0.1) is 0 Å². The summed E-state index contributed by atoms with van der Waals surface area (Å²) in [5.41, 5.74) is 17.4. The average Bonchev–Trinajstić information content (AvgIpc) is 2.43. The smallest absolute Gasteiger partial charge is 0.239 e. The van der Waals surface area contributed by atoms with Gasteiger partial charge in [-0.15, -0.1) is 0 Å². The van der Waals surface area contributed by atoms with Crippen LogP contribution in [0.25, 0.3) is 0 Å². The van der Waals surface area contributed by atoms with Gasteiger partial charge in [-0.05, 0) is 18.4 Å². The minimum absolute atomic E-state index is 0.0612. The summed E-state index contributed by atoms with van der Waals surface area (Å²) in [6.07, 6.45) is 1.25. The number of amides is 1. The monoisotopic (exact) mass is 277 g/mol. The highest BCUT2D eigenvalue weighted by Crippen LogP contribution is 2.05. The second-order valence-corrected chi connectivity index (χ2v) is 4.74. The molecular weight excluding hydrogens is 254 g/mol. The topological polar surface area (TPSA) is 111 Å². The van der Waals surface area contributed by atoms with Crippen LogP contribution in [0.15, 0.2) is 35.3 Å². The Kier molecular flexibility index (Phi) is 6.52. The van der Waals surface area contributed by atoms with E-state index in [1.54, 1.807) is 11.9 Å². The van der Waals surface area contributed by atoms with Gasteiger partial charge in [-0.1, -0.05) is 30.3 Å². The normalized spacial score (nSPS) is 11.7. The van der Waals surface area contributed by atoms with Crippen LogP contribution in [0.4, 0.5) is 0 Å². The SMILES string of the molecule is CN(Cc1ccccc1)C(=O)[C@@H](N)CCCN=C(N)N. The Bertz CT molecular complexity index is 442. The maximum absolute atomic E-state index is 12.1. The molecule has 1 rings (SSSR count). The highest BCUT2D eigenvalue weighted by Gasteiger charge is 2.17. The van der Waals surface area contributed by atoms with E-state index < -0.39 is 6.04 Å². The number of likely N-dealkylation sites (N-methyl/N-ethyl adjacent to an activating group) is 1. The molecule has 0 aromatic heterocycles. The zero-order valence-corrected chi connectivity index (χ0v) is 11.8. The van der Waals surface area contributed by atoms with Gasteiger partial charge < -0.3 is 22.1 Å². The molecular formula is C14H23N5O. The number of benzene rings is 1. The number of aliphatic imine (C=N–C) groups is 1. The second-order valence-electron chi connectivity index (χ2n) is 4.74. The van der Waals surface area contributed by atoms with E-state index in [2.05, 4.69) is 4.99 Å². The van der Waals surface area contributed by atoms with E-state index in [0.717, 1.165) is 5.56 Å². The lowest BCUT2D eigenvalue weighted by Crippen LogP contribution is -2.41. The number of guanidine groups is 1. The second kappa shape index (κ2) is 8.16. The van der Waals surface area contributed by atoms with Crippen molar-refractivity contribution < 1.29 is 4.79 Å². The van der Waals surface area contributed by atoms with Crippen molar-refractivity contribution in [2.75, 3.05) is 13.6 Å². The molecule has 6 N–H and O–H groups in total. The number of nitrogens with zero attached hydrogens (tertiary/aromatic N) is 2. The largest absolute Gasteiger partial charge is 0.370 e. The molecule has 110 valence electrons. The Morgan fingerprint density at radius 3 is 2.55 bits per heavy atom. The van der Waals surface area contributed by atoms with E-state index in [1.165, 1.54) is 0 Å². The molecule has 0 unspecified atom stereocenters. The molecule has 0 fully saturated rings. The molecule has 0 aliphatic carbocycles. The summed E-state index contributed by atoms with van der Waals surface area (Å²) in [5, 5.41) is 0. The summed E-state index contributed by atoms with van der Waals surface area (Å²) in [6.45, 7) is 1.05. The number of rotatable bonds is 7. The van der Waals surface area contributed by atoms with Crippen molar-refractivity contribution in [1.82, 2.24) is 4.90 Å². The Labute approximate surface area is 119 Å². The van der Waals surface area contributed by atoms with Crippen molar-refractivity contribution in [1.29, 1.82) is 0 Å². The zero-order chi connectivity index (χ0) is 15.0. The Balaban J connectivity index is 2.38. The fourth-order valence-electron chi connectivity index (χ4n) is 1.86. The maximum atomic E-state index is 12.1. The first-order valence-electron chi connectivity index (χ1n) is 6.60. The molecule has 20 heavy (non-hydrogen) atoms. The molecule has 1 atom stereocenters. The van der Waals surface area contributed by atoms with Crippen molar-refractivity contribution in [3.63, 3.8) is 0 Å². The molecule has 6 nitrogen and oxygen atoms in total. The van der Waals surface area contributed by atoms with Crippen LogP contribution in [-0.2, 0) is 11.3 Å². The van der Waals surface area contributed by atoms with Gasteiger partial charge >= 0.3 is 0 Å². The van der Waals surface area contributed by atoms with Crippen LogP contribution in [0.2, 0.25) is 0 Å². The fourth-order valence-corrected chi connectivity index (χ4v) is 1.86. The number of hydrogen-bond donors (Lipinski definition) is 3. The Morgan fingerprint density at radius 1 is 1.30 bits per heavy atom. The number of carbonyl (C=O) groups is 1. The summed E-state index contributed by atoms with van der Waals surface area (Å²) in [7, 11) is 1.76. The van der Waals surface area contributed by atoms with E-state index in [-0.39, 0.29) is 11.9 Å². The molecule has 0 spiro atoms. The van der Waals surface area contributed by atoms with Gasteiger partial charge in [0.2, 0.25) is 5.91 Å². The van der Waals surface area contributed by atoms with Crippen molar-refractivity contribution in [3.8, 4) is 0 Å². The van der Waals surface area contributed by atoms with Crippen molar-refractivity contribution in [2.24, 2.45) is 22.2 Å². The summed E-state index contributed by atoms with van der Waals surface area (Å²) in [6, 6.07) is 9.28. The lowest BCUT2D eigenvalue weighted by atomic mass is 10.1. The predicted molar refractivity (Wildman–Crippen MR) is 80.8 cm³/mol. The Morgan fingerprint density at radius 2 is 1.95 bits per heavy atom. The van der Waals surface area contributed by atoms with Crippen LogP contribution in [0.1, 0.15) is 18.4 Å². The maximum Gasteiger partial charge on any atom is 0.239 e. The molecule has 1 aromatic rings. The van der Waals surface area contributed by atoms with Crippen LogP contribution in [0.3, 0.4) is 0 Å². The predicted octanol–water partition coefficient (Wildman–Crippen LogP) is 0.0259. The summed E-state index contributed by atoms with van der Waals surface area (Å²) in [4.78, 5) is 17.6. The van der Waals surface area contributed by atoms with Gasteiger partial charge in [0, 0.05) is 20.1 Å². The van der Waals surface area contributed by atoms with Crippen molar-refractivity contribution in [3.05, 3.63) is 35.9 Å². The molecule has 0 saturated carbocycles. The highest BCUT2D eigenvalue weighted by molar-refractivity contribution is 5.81. The number of carbonyl (C=O) groups excluding carboxylic acids is 1. The highest BCUT2D eigenvalue weighted by atomic mass is 16.2. The van der Waals surface area contributed by atoms with Gasteiger partial charge in [0.15, 0.2) is 5.96 Å². The van der Waals surface area contributed by atoms with E-state index in [9.17, 15) is 4.79 Å². The molecule has 6 heteroatoms. The van der Waals surface area contributed by atoms with Crippen LogP contribution >= 0.6 is 0 Å². The molecule has 0 bridgehead atoms. The van der Waals surface area contributed by atoms with Gasteiger partial charge in [0.25, 0.3) is 0 Å². The molecule has 1 aromatic carbocycles. The van der Waals surface area contributed by atoms with Gasteiger partial charge in [-0.2, -0.15) is 0 Å². The van der Waals surface area contributed by atoms with Crippen LogP contribution < -0.4 is 17.2 Å². The van der Waals surface area contributed by atoms with Gasteiger partial charge in [-0.3, -0.25) is 9.79 Å². The summed E-state index contributed by atoms with van der Waals surface area (Å²) < 4.78 is 0. The fraction of sp³-hybridized carbons (Fsp3) is 0.429. The van der Waals surface area contributed by atoms with Crippen molar-refractivity contribution in [2.45, 2.75) is 25.4 Å². The Hall–Kier alpha value is -2.08. The lowest BCUT2D eigenvalue weighted by molar-refractivity contribution is -0.132. The molecule has 0 aliphatic rings. The first-order valence-corrected chi connectivity index (χ1v) is 6.60. The minimum atomic E-state index is -0.516. The zero-order valence-electron chi connectivity index (χ0n) is 11.8. The molecule has 0 heterocycles. The molecule has 0 saturated heterocycles. The lowest BCUT2D eigenvalue weighted by Gasteiger charge is -2.21. The van der Waals surface area contributed by atoms with Gasteiger partial charge in [-0.25, -0.2) is 0 Å².